The summed E-state index contributed by atoms with van der Waals surface area (Å²) in [5, 5.41) is 33.4. The van der Waals surface area contributed by atoms with Gasteiger partial charge in [0.15, 0.2) is 0 Å². The number of aromatic hydroxyl groups is 2. The standard InChI is InChI=1S/C10H12O3.C8H8O3.C4H4O4.ClH.Na/c1-2-7-13-10(12)8-3-5-9(11)6-4-8;1-11-8(10)6-2-4-7(9)5-3-6;5-3(6)1-2-4(7)8;;/h3-6,11H,2,7H2,1H3;2-5,9H,1H3;1-2H,(H,5,6)(H,7,8);1H;/b;;2-1+;;. The maximum Gasteiger partial charge on any atom is 0.338 e. The summed E-state index contributed by atoms with van der Waals surface area (Å²) in [5.41, 5.74) is 0.900. The molecule has 4 N–H and O–H groups in total. The number of phenols is 2. The molecule has 0 atom stereocenters. The second-order valence-corrected chi connectivity index (χ2v) is 5.73. The average molecular weight is 508 g/mol. The normalized spacial score (nSPS) is 8.88. The third-order valence-corrected chi connectivity index (χ3v) is 3.20. The van der Waals surface area contributed by atoms with E-state index in [2.05, 4.69) is 4.74 Å². The van der Waals surface area contributed by atoms with Crippen molar-refractivity contribution in [2.75, 3.05) is 13.7 Å². The Hall–Kier alpha value is -3.05. The van der Waals surface area contributed by atoms with E-state index in [-0.39, 0.29) is 59.4 Å². The first-order chi connectivity index (χ1) is 15.1. The maximum atomic E-state index is 11.2. The number of rotatable bonds is 6. The molecule has 2 rings (SSSR count). The Morgan fingerprint density at radius 3 is 1.41 bits per heavy atom. The number of hydrogen-bond donors (Lipinski definition) is 4. The van der Waals surface area contributed by atoms with Crippen molar-refractivity contribution in [3.8, 4) is 11.5 Å². The van der Waals surface area contributed by atoms with Crippen LogP contribution in [0.2, 0.25) is 0 Å². The summed E-state index contributed by atoms with van der Waals surface area (Å²) in [7, 11) is 1.31. The van der Waals surface area contributed by atoms with Crippen molar-refractivity contribution >= 4 is 65.8 Å². The molecular formula is C22H25ClNaO10. The van der Waals surface area contributed by atoms with Gasteiger partial charge in [0, 0.05) is 41.7 Å². The molecule has 0 amide bonds. The number of esters is 2. The van der Waals surface area contributed by atoms with Crippen molar-refractivity contribution in [2.24, 2.45) is 0 Å². The van der Waals surface area contributed by atoms with Crippen LogP contribution in [0.15, 0.2) is 60.7 Å². The predicted octanol–water partition coefficient (Wildman–Crippen LogP) is 2.89. The van der Waals surface area contributed by atoms with Crippen molar-refractivity contribution in [3.05, 3.63) is 71.8 Å². The van der Waals surface area contributed by atoms with Gasteiger partial charge in [-0.05, 0) is 55.0 Å². The number of carboxylic acids is 2. The minimum atomic E-state index is -1.26. The van der Waals surface area contributed by atoms with Crippen molar-refractivity contribution in [1.29, 1.82) is 0 Å². The summed E-state index contributed by atoms with van der Waals surface area (Å²) in [4.78, 5) is 41.1. The van der Waals surface area contributed by atoms with Crippen LogP contribution in [0, 0.1) is 0 Å². The SMILES string of the molecule is CCCOC(=O)c1ccc(O)cc1.COC(=O)c1ccc(O)cc1.Cl.O=C(O)/C=C/C(=O)O.[Na]. The molecule has 0 aliphatic rings. The van der Waals surface area contributed by atoms with Crippen molar-refractivity contribution < 1.29 is 49.1 Å². The van der Waals surface area contributed by atoms with Crippen LogP contribution in [-0.4, -0.2) is 87.6 Å². The van der Waals surface area contributed by atoms with E-state index in [4.69, 9.17) is 25.2 Å². The molecule has 2 aromatic carbocycles. The number of hydrogen-bond acceptors (Lipinski definition) is 8. The van der Waals surface area contributed by atoms with Gasteiger partial charge in [-0.3, -0.25) is 0 Å². The monoisotopic (exact) mass is 507 g/mol. The molecule has 34 heavy (non-hydrogen) atoms. The summed E-state index contributed by atoms with van der Waals surface area (Å²) in [6.45, 7) is 2.36. The van der Waals surface area contributed by atoms with Crippen LogP contribution >= 0.6 is 12.4 Å². The van der Waals surface area contributed by atoms with Gasteiger partial charge in [0.25, 0.3) is 0 Å². The van der Waals surface area contributed by atoms with E-state index in [1.54, 1.807) is 0 Å². The largest absolute Gasteiger partial charge is 0.508 e. The Kier molecular flexibility index (Phi) is 21.5. The molecule has 1 radical (unpaired) electrons. The van der Waals surface area contributed by atoms with E-state index in [1.165, 1.54) is 55.6 Å². The molecule has 2 aromatic rings. The summed E-state index contributed by atoms with van der Waals surface area (Å²) in [6, 6.07) is 11.9. The fraction of sp³-hybridized carbons (Fsp3) is 0.182. The number of ether oxygens (including phenoxy) is 2. The fourth-order valence-corrected chi connectivity index (χ4v) is 1.73. The molecule has 181 valence electrons. The number of methoxy groups -OCH3 is 1. The van der Waals surface area contributed by atoms with E-state index in [0.717, 1.165) is 6.42 Å². The van der Waals surface area contributed by atoms with Crippen LogP contribution in [0.1, 0.15) is 34.1 Å². The summed E-state index contributed by atoms with van der Waals surface area (Å²) >= 11 is 0. The second-order valence-electron chi connectivity index (χ2n) is 5.73. The van der Waals surface area contributed by atoms with E-state index in [0.29, 0.717) is 29.9 Å². The Morgan fingerprint density at radius 2 is 1.12 bits per heavy atom. The molecule has 0 aliphatic carbocycles. The van der Waals surface area contributed by atoms with Gasteiger partial charge in [-0.2, -0.15) is 0 Å². The number of halogens is 1. The second kappa shape index (κ2) is 20.5. The molecule has 0 aliphatic heterocycles. The van der Waals surface area contributed by atoms with Gasteiger partial charge in [-0.25, -0.2) is 19.2 Å². The quantitative estimate of drug-likeness (QED) is 0.259. The van der Waals surface area contributed by atoms with Gasteiger partial charge in [0.1, 0.15) is 11.5 Å². The third kappa shape index (κ3) is 17.5. The molecule has 12 heteroatoms. The van der Waals surface area contributed by atoms with Crippen molar-refractivity contribution in [2.45, 2.75) is 13.3 Å². The molecule has 0 bridgehead atoms. The van der Waals surface area contributed by atoms with Crippen molar-refractivity contribution in [3.63, 3.8) is 0 Å². The van der Waals surface area contributed by atoms with E-state index in [1.807, 2.05) is 6.92 Å². The molecule has 0 unspecified atom stereocenters. The molecule has 0 heterocycles. The first-order valence-corrected chi connectivity index (χ1v) is 9.08. The molecule has 0 saturated carbocycles. The van der Waals surface area contributed by atoms with Gasteiger partial charge in [-0.1, -0.05) is 6.92 Å². The number of carbonyl (C=O) groups is 4. The zero-order valence-electron chi connectivity index (χ0n) is 18.8. The van der Waals surface area contributed by atoms with Gasteiger partial charge in [0.05, 0.1) is 24.8 Å². The van der Waals surface area contributed by atoms with E-state index < -0.39 is 17.9 Å². The molecular weight excluding hydrogens is 483 g/mol. The Bertz CT molecular complexity index is 896. The Balaban J connectivity index is -0.000000424. The van der Waals surface area contributed by atoms with Crippen LogP contribution in [0.5, 0.6) is 11.5 Å². The Morgan fingerprint density at radius 1 is 0.765 bits per heavy atom. The molecule has 0 spiro atoms. The van der Waals surface area contributed by atoms with E-state index >= 15 is 0 Å². The minimum absolute atomic E-state index is 0. The fourth-order valence-electron chi connectivity index (χ4n) is 1.73. The number of benzene rings is 2. The topological polar surface area (TPSA) is 168 Å². The average Bonchev–Trinajstić information content (AvgIpc) is 2.77. The van der Waals surface area contributed by atoms with Crippen LogP contribution in [0.3, 0.4) is 0 Å². The minimum Gasteiger partial charge on any atom is -0.508 e. The number of carbonyl (C=O) groups excluding carboxylic acids is 2. The zero-order chi connectivity index (χ0) is 24.5. The van der Waals surface area contributed by atoms with Gasteiger partial charge >= 0.3 is 23.9 Å². The van der Waals surface area contributed by atoms with Crippen LogP contribution < -0.4 is 0 Å². The third-order valence-electron chi connectivity index (χ3n) is 3.20. The molecule has 0 fully saturated rings. The number of carboxylic acid groups (broad SMARTS) is 2. The summed E-state index contributed by atoms with van der Waals surface area (Å²) in [6.07, 6.45) is 1.93. The number of aliphatic carboxylic acids is 2. The van der Waals surface area contributed by atoms with Crippen molar-refractivity contribution in [1.82, 2.24) is 0 Å². The molecule has 10 nitrogen and oxygen atoms in total. The summed E-state index contributed by atoms with van der Waals surface area (Å²) < 4.78 is 9.35. The van der Waals surface area contributed by atoms with E-state index in [9.17, 15) is 19.2 Å². The first-order valence-electron chi connectivity index (χ1n) is 9.08. The predicted molar refractivity (Wildman–Crippen MR) is 126 cm³/mol. The van der Waals surface area contributed by atoms with Gasteiger partial charge in [0.2, 0.25) is 0 Å². The summed E-state index contributed by atoms with van der Waals surface area (Å²) in [5.74, 6) is -2.98. The molecule has 0 aromatic heterocycles. The van der Waals surface area contributed by atoms with Crippen LogP contribution in [0.4, 0.5) is 0 Å². The number of phenolic OH excluding ortho intramolecular Hbond substituents is 2. The smallest absolute Gasteiger partial charge is 0.338 e. The van der Waals surface area contributed by atoms with Crippen LogP contribution in [-0.2, 0) is 19.1 Å². The first kappa shape index (κ1) is 35.5. The maximum absolute atomic E-state index is 11.2. The van der Waals surface area contributed by atoms with Gasteiger partial charge in [-0.15, -0.1) is 12.4 Å². The molecule has 0 saturated heterocycles. The van der Waals surface area contributed by atoms with Crippen LogP contribution in [0.25, 0.3) is 0 Å². The zero-order valence-corrected chi connectivity index (χ0v) is 21.7. The Labute approximate surface area is 224 Å². The van der Waals surface area contributed by atoms with Gasteiger partial charge < -0.3 is 29.9 Å².